The largest absolute Gasteiger partial charge is 0.373 e. The number of hydrogen-bond donors (Lipinski definition) is 1. The normalized spacial score (nSPS) is 13.2. The molecule has 4 nitrogen and oxygen atoms in total. The van der Waals surface area contributed by atoms with E-state index in [1.165, 1.54) is 147 Å². The van der Waals surface area contributed by atoms with E-state index in [-0.39, 0.29) is 0 Å². The molecular weight excluding hydrogens is 488 g/mol. The Morgan fingerprint density at radius 3 is 1.80 bits per heavy atom. The molecule has 4 heteroatoms. The molecule has 0 aromatic carbocycles. The summed E-state index contributed by atoms with van der Waals surface area (Å²) in [7, 11) is 0. The van der Waals surface area contributed by atoms with Crippen molar-refractivity contribution in [1.29, 1.82) is 0 Å². The van der Waals surface area contributed by atoms with Crippen LogP contribution in [0.3, 0.4) is 0 Å². The monoisotopic (exact) mass is 554 g/mol. The Morgan fingerprint density at radius 1 is 0.650 bits per heavy atom. The van der Waals surface area contributed by atoms with E-state index in [1.54, 1.807) is 0 Å². The Kier molecular flexibility index (Phi) is 21.4. The lowest BCUT2D eigenvalue weighted by Gasteiger charge is -2.21. The molecular formula is C36H65N4+. The second kappa shape index (κ2) is 24.9. The van der Waals surface area contributed by atoms with Crippen molar-refractivity contribution >= 4 is 0 Å². The van der Waals surface area contributed by atoms with Gasteiger partial charge in [0.05, 0.1) is 11.9 Å². The van der Waals surface area contributed by atoms with Gasteiger partial charge in [-0.25, -0.2) is 0 Å². The standard InChI is InChI=1S/C36H64N4/c1-3-5-7-9-15-19-27-37-35-23-31-39(32-24-35)29-21-17-13-11-12-14-18-22-30-40-33-25-36(26-34-40)38-28-20-16-10-8-6-4-2/h23-26,31-33,38H,3-22,27-30,34H2,1-2H3/p+1. The van der Waals surface area contributed by atoms with Gasteiger partial charge in [-0.15, -0.1) is 0 Å². The Bertz CT molecular complexity index is 817. The average molecular weight is 554 g/mol. The van der Waals surface area contributed by atoms with Gasteiger partial charge in [-0.3, -0.25) is 4.99 Å². The lowest BCUT2D eigenvalue weighted by molar-refractivity contribution is -0.602. The molecule has 228 valence electrons. The maximum Gasteiger partial charge on any atom is 0.128 e. The molecule has 40 heavy (non-hydrogen) atoms. The molecule has 0 atom stereocenters. The summed E-state index contributed by atoms with van der Waals surface area (Å²) < 4.78 is 2.32. The van der Waals surface area contributed by atoms with Crippen LogP contribution in [0.25, 0.3) is 0 Å². The summed E-state index contributed by atoms with van der Waals surface area (Å²) in [5, 5.41) is 3.58. The third-order valence-corrected chi connectivity index (χ3v) is 8.27. The fourth-order valence-corrected chi connectivity index (χ4v) is 5.53. The summed E-state index contributed by atoms with van der Waals surface area (Å²) in [5.74, 6) is 0. The van der Waals surface area contributed by atoms with Crippen LogP contribution in [0.4, 0.5) is 0 Å². The van der Waals surface area contributed by atoms with E-state index in [0.717, 1.165) is 25.0 Å². The molecule has 2 N–H and O–H groups in total. The average Bonchev–Trinajstić information content (AvgIpc) is 2.98. The molecule has 2 heterocycles. The number of rotatable bonds is 26. The SMILES string of the molecule is CCCCCCCCN=c1ccn(CCCCCCCCCCN2C=CC([NH2+]CCCCCCCC)=CC2)cc1. The lowest BCUT2D eigenvalue weighted by Crippen LogP contribution is -2.82. The van der Waals surface area contributed by atoms with Gasteiger partial charge in [-0.2, -0.15) is 0 Å². The predicted octanol–water partition coefficient (Wildman–Crippen LogP) is 8.51. The Hall–Kier alpha value is -1.81. The molecule has 0 saturated heterocycles. The minimum Gasteiger partial charge on any atom is -0.373 e. The van der Waals surface area contributed by atoms with Gasteiger partial charge in [-0.05, 0) is 50.3 Å². The van der Waals surface area contributed by atoms with E-state index in [0.29, 0.717) is 0 Å². The third-order valence-electron chi connectivity index (χ3n) is 8.27. The first-order chi connectivity index (χ1) is 19.8. The van der Waals surface area contributed by atoms with Gasteiger partial charge in [0.2, 0.25) is 0 Å². The highest BCUT2D eigenvalue weighted by molar-refractivity contribution is 5.14. The Labute approximate surface area is 248 Å². The molecule has 1 aliphatic heterocycles. The second-order valence-corrected chi connectivity index (χ2v) is 12.0. The number of aromatic nitrogens is 1. The number of nitrogens with two attached hydrogens (primary N) is 1. The van der Waals surface area contributed by atoms with Crippen LogP contribution in [0.5, 0.6) is 0 Å². The zero-order chi connectivity index (χ0) is 28.4. The number of aryl methyl sites for hydroxylation is 1. The zero-order valence-corrected chi connectivity index (χ0v) is 26.6. The summed E-state index contributed by atoms with van der Waals surface area (Å²) >= 11 is 0. The molecule has 0 radical (unpaired) electrons. The van der Waals surface area contributed by atoms with Gasteiger partial charge in [0, 0.05) is 50.8 Å². The van der Waals surface area contributed by atoms with Gasteiger partial charge in [0.25, 0.3) is 0 Å². The van der Waals surface area contributed by atoms with E-state index < -0.39 is 0 Å². The van der Waals surface area contributed by atoms with Crippen LogP contribution in [0.15, 0.2) is 53.6 Å². The molecule has 0 bridgehead atoms. The smallest absolute Gasteiger partial charge is 0.128 e. The van der Waals surface area contributed by atoms with Crippen LogP contribution < -0.4 is 10.7 Å². The maximum atomic E-state index is 4.74. The molecule has 2 rings (SSSR count). The van der Waals surface area contributed by atoms with Crippen LogP contribution >= 0.6 is 0 Å². The molecule has 0 spiro atoms. The minimum absolute atomic E-state index is 0.974. The van der Waals surface area contributed by atoms with Crippen molar-refractivity contribution in [2.24, 2.45) is 4.99 Å². The van der Waals surface area contributed by atoms with Crippen molar-refractivity contribution in [2.45, 2.75) is 149 Å². The molecule has 0 amide bonds. The van der Waals surface area contributed by atoms with Crippen molar-refractivity contribution in [1.82, 2.24) is 9.47 Å². The quantitative estimate of drug-likeness (QED) is 0.115. The van der Waals surface area contributed by atoms with Crippen LogP contribution in [-0.4, -0.2) is 35.6 Å². The number of unbranched alkanes of at least 4 members (excludes halogenated alkanes) is 17. The highest BCUT2D eigenvalue weighted by Gasteiger charge is 2.07. The molecule has 0 aliphatic carbocycles. The summed E-state index contributed by atoms with van der Waals surface area (Å²) in [6.07, 6.45) is 38.7. The van der Waals surface area contributed by atoms with Gasteiger partial charge in [0.1, 0.15) is 5.70 Å². The topological polar surface area (TPSA) is 37.1 Å². The van der Waals surface area contributed by atoms with Gasteiger partial charge in [-0.1, -0.05) is 110 Å². The first kappa shape index (κ1) is 34.4. The van der Waals surface area contributed by atoms with E-state index in [2.05, 4.69) is 71.5 Å². The number of nitrogens with zero attached hydrogens (tertiary/aromatic N) is 3. The van der Waals surface area contributed by atoms with E-state index in [9.17, 15) is 0 Å². The van der Waals surface area contributed by atoms with Crippen LogP contribution in [0.2, 0.25) is 0 Å². The summed E-state index contributed by atoms with van der Waals surface area (Å²) in [6.45, 7) is 10.2. The molecule has 0 unspecified atom stereocenters. The third kappa shape index (κ3) is 18.5. The van der Waals surface area contributed by atoms with Crippen LogP contribution in [0, 0.1) is 0 Å². The highest BCUT2D eigenvalue weighted by atomic mass is 15.1. The molecule has 1 aromatic rings. The van der Waals surface area contributed by atoms with Gasteiger partial charge >= 0.3 is 0 Å². The van der Waals surface area contributed by atoms with Crippen molar-refractivity contribution in [3.63, 3.8) is 0 Å². The first-order valence-corrected chi connectivity index (χ1v) is 17.4. The molecule has 0 saturated carbocycles. The fraction of sp³-hybridized carbons (Fsp3) is 0.750. The highest BCUT2D eigenvalue weighted by Crippen LogP contribution is 2.11. The van der Waals surface area contributed by atoms with E-state index in [1.807, 2.05) is 0 Å². The number of allylic oxidation sites excluding steroid dienone is 1. The maximum absolute atomic E-state index is 4.74. The second-order valence-electron chi connectivity index (χ2n) is 12.0. The molecule has 1 aromatic heterocycles. The van der Waals surface area contributed by atoms with Crippen molar-refractivity contribution in [3.05, 3.63) is 53.9 Å². The Balaban J connectivity index is 1.37. The molecule has 1 aliphatic rings. The Morgan fingerprint density at radius 2 is 1.20 bits per heavy atom. The minimum atomic E-state index is 0.974. The fourth-order valence-electron chi connectivity index (χ4n) is 5.53. The van der Waals surface area contributed by atoms with Crippen LogP contribution in [0.1, 0.15) is 142 Å². The van der Waals surface area contributed by atoms with Gasteiger partial charge < -0.3 is 14.8 Å². The van der Waals surface area contributed by atoms with Crippen molar-refractivity contribution < 1.29 is 5.32 Å². The zero-order valence-electron chi connectivity index (χ0n) is 26.6. The van der Waals surface area contributed by atoms with Crippen molar-refractivity contribution in [2.75, 3.05) is 26.2 Å². The lowest BCUT2D eigenvalue weighted by atomic mass is 10.1. The summed E-state index contributed by atoms with van der Waals surface area (Å²) in [6, 6.07) is 4.36. The first-order valence-electron chi connectivity index (χ1n) is 17.4. The van der Waals surface area contributed by atoms with E-state index >= 15 is 0 Å². The number of quaternary nitrogens is 1. The van der Waals surface area contributed by atoms with Crippen LogP contribution in [-0.2, 0) is 6.54 Å². The summed E-state index contributed by atoms with van der Waals surface area (Å²) in [5.41, 5.74) is 1.44. The number of hydrogen-bond acceptors (Lipinski definition) is 2. The number of pyridine rings is 1. The van der Waals surface area contributed by atoms with Gasteiger partial charge in [0.15, 0.2) is 0 Å². The van der Waals surface area contributed by atoms with Crippen molar-refractivity contribution in [3.8, 4) is 0 Å². The summed E-state index contributed by atoms with van der Waals surface area (Å²) in [4.78, 5) is 7.23. The predicted molar refractivity (Wildman–Crippen MR) is 174 cm³/mol. The molecule has 0 fully saturated rings. The van der Waals surface area contributed by atoms with E-state index in [4.69, 9.17) is 4.99 Å².